The molecule has 0 amide bonds. The summed E-state index contributed by atoms with van der Waals surface area (Å²) in [5.74, 6) is -2.68. The van der Waals surface area contributed by atoms with Crippen LogP contribution in [0.1, 0.15) is 32.3 Å². The average Bonchev–Trinajstić information content (AvgIpc) is 3.35. The number of nitrogens with zero attached hydrogens (tertiary/aromatic N) is 2. The number of hydrogen-bond acceptors (Lipinski definition) is 18. The van der Waals surface area contributed by atoms with E-state index in [9.17, 15) is 49.4 Å². The van der Waals surface area contributed by atoms with Crippen molar-refractivity contribution in [3.8, 4) is 0 Å². The van der Waals surface area contributed by atoms with E-state index in [1.807, 2.05) is 18.7 Å². The SMILES string of the molecule is CC(Nc1ccc(CC(O)C(O)C(O)CO[C@H]2O[C@H](COP(=O)(O)OC(CCC(=O)O)C(=O)O)[C@@H](O)[C@H]2O)cc1)C1C(C)Nc2nc(N)[nH]c(=O)c2N1C. The maximum absolute atomic E-state index is 12.6. The number of phosphoric acid groups is 1. The summed E-state index contributed by atoms with van der Waals surface area (Å²) in [6, 6.07) is 6.52. The molecule has 2 aromatic rings. The van der Waals surface area contributed by atoms with Crippen molar-refractivity contribution in [3.05, 3.63) is 40.2 Å². The van der Waals surface area contributed by atoms with Gasteiger partial charge < -0.3 is 71.4 Å². The number of hydrogen-bond donors (Lipinski definition) is 12. The topological polar surface area (TPSA) is 349 Å². The number of carboxylic acid groups (broad SMARTS) is 2. The van der Waals surface area contributed by atoms with Crippen LogP contribution in [0.15, 0.2) is 29.1 Å². The highest BCUT2D eigenvalue weighted by molar-refractivity contribution is 7.47. The zero-order valence-corrected chi connectivity index (χ0v) is 30.4. The van der Waals surface area contributed by atoms with Gasteiger partial charge in [0.05, 0.1) is 25.4 Å². The molecule has 1 saturated heterocycles. The van der Waals surface area contributed by atoms with Gasteiger partial charge in [-0.05, 0) is 38.0 Å². The van der Waals surface area contributed by atoms with Crippen LogP contribution in [0.25, 0.3) is 0 Å². The van der Waals surface area contributed by atoms with E-state index in [1.165, 1.54) is 0 Å². The summed E-state index contributed by atoms with van der Waals surface area (Å²) in [6.45, 7) is 2.34. The Morgan fingerprint density at radius 3 is 2.43 bits per heavy atom. The third kappa shape index (κ3) is 10.9. The second-order valence-corrected chi connectivity index (χ2v) is 14.5. The van der Waals surface area contributed by atoms with Gasteiger partial charge in [-0.15, -0.1) is 0 Å². The molecule has 13 N–H and O–H groups in total. The van der Waals surface area contributed by atoms with Crippen molar-refractivity contribution in [2.24, 2.45) is 0 Å². The Balaban J connectivity index is 1.23. The molecule has 1 fully saturated rings. The first-order valence-electron chi connectivity index (χ1n) is 16.8. The third-order valence-corrected chi connectivity index (χ3v) is 9.99. The summed E-state index contributed by atoms with van der Waals surface area (Å²) in [6.07, 6.45) is -14.9. The largest absolute Gasteiger partial charge is 0.481 e. The summed E-state index contributed by atoms with van der Waals surface area (Å²) in [7, 11) is -3.31. The Kier molecular flexibility index (Phi) is 14.4. The number of aliphatic carboxylic acids is 2. The minimum absolute atomic E-state index is 0.0103. The van der Waals surface area contributed by atoms with Crippen molar-refractivity contribution in [3.63, 3.8) is 0 Å². The van der Waals surface area contributed by atoms with E-state index in [0.717, 1.165) is 5.69 Å². The number of fused-ring (bicyclic) bond motifs is 1. The molecule has 8 unspecified atom stereocenters. The lowest BCUT2D eigenvalue weighted by molar-refractivity contribution is -0.192. The van der Waals surface area contributed by atoms with Crippen molar-refractivity contribution >= 4 is 42.9 Å². The zero-order valence-electron chi connectivity index (χ0n) is 29.5. The zero-order chi connectivity index (χ0) is 40.1. The van der Waals surface area contributed by atoms with E-state index in [0.29, 0.717) is 17.1 Å². The molecule has 2 aliphatic rings. The molecule has 2 aliphatic heterocycles. The number of nitrogens with one attached hydrogen (secondary N) is 3. The molecule has 1 aromatic carbocycles. The first kappa shape index (κ1) is 42.8. The number of nitrogen functional groups attached to an aromatic ring is 1. The number of phosphoric ester groups is 1. The average molecular weight is 791 g/mol. The summed E-state index contributed by atoms with van der Waals surface area (Å²) < 4.78 is 32.0. The van der Waals surface area contributed by atoms with Crippen molar-refractivity contribution in [2.45, 2.75) is 100 Å². The highest BCUT2D eigenvalue weighted by atomic mass is 31.2. The third-order valence-electron chi connectivity index (χ3n) is 8.99. The van der Waals surface area contributed by atoms with E-state index in [-0.39, 0.29) is 36.1 Å². The number of aliphatic hydroxyl groups excluding tert-OH is 5. The lowest BCUT2D eigenvalue weighted by atomic mass is 9.97. The van der Waals surface area contributed by atoms with E-state index in [1.54, 1.807) is 31.3 Å². The molecule has 4 rings (SSSR count). The molecule has 302 valence electrons. The molecule has 54 heavy (non-hydrogen) atoms. The molecular weight excluding hydrogens is 743 g/mol. The van der Waals surface area contributed by atoms with Crippen LogP contribution in [0.3, 0.4) is 0 Å². The van der Waals surface area contributed by atoms with Gasteiger partial charge in [0.1, 0.15) is 36.2 Å². The van der Waals surface area contributed by atoms with Crippen molar-refractivity contribution < 1.29 is 73.3 Å². The minimum atomic E-state index is -5.11. The van der Waals surface area contributed by atoms with Gasteiger partial charge in [0.2, 0.25) is 5.95 Å². The number of carbonyl (C=O) groups is 2. The van der Waals surface area contributed by atoms with Crippen LogP contribution in [0, 0.1) is 0 Å². The quantitative estimate of drug-likeness (QED) is 0.0685. The summed E-state index contributed by atoms with van der Waals surface area (Å²) in [5.41, 5.74) is 7.04. The van der Waals surface area contributed by atoms with E-state index in [4.69, 9.17) is 25.4 Å². The van der Waals surface area contributed by atoms with Crippen LogP contribution in [0.2, 0.25) is 0 Å². The highest BCUT2D eigenvalue weighted by Crippen LogP contribution is 2.46. The van der Waals surface area contributed by atoms with Gasteiger partial charge in [0.15, 0.2) is 18.2 Å². The standard InChI is InChI=1S/C31H47N6O16P/c1-13(22-14(2)34-27-23(37(22)3)28(45)36-31(32)35-27)33-16-6-4-15(5-7-16)10-17(38)24(42)18(39)11-50-30-26(44)25(43)20(52-30)12-51-54(48,49)53-19(29(46)47)8-9-21(40)41/h4-7,13-14,17-20,22,24-26,30,33,38-39,42-44H,8-12H2,1-3H3,(H,40,41)(H,46,47)(H,48,49)(H4,32,34,35,36,45)/t13?,14?,17?,18?,19?,20-,22?,24?,25-,26-,30+/m1/s1. The number of ether oxygens (including phenoxy) is 2. The number of rotatable bonds is 19. The van der Waals surface area contributed by atoms with Crippen molar-refractivity contribution in [1.82, 2.24) is 9.97 Å². The molecular formula is C31H47N6O16P. The number of nitrogens with two attached hydrogens (primary N) is 1. The highest BCUT2D eigenvalue weighted by Gasteiger charge is 2.45. The Labute approximate surface area is 308 Å². The fourth-order valence-electron chi connectivity index (χ4n) is 6.29. The maximum Gasteiger partial charge on any atom is 0.473 e. The fourth-order valence-corrected chi connectivity index (χ4v) is 7.20. The summed E-state index contributed by atoms with van der Waals surface area (Å²) in [5, 5.41) is 76.8. The van der Waals surface area contributed by atoms with E-state index in [2.05, 4.69) is 29.6 Å². The second-order valence-electron chi connectivity index (χ2n) is 13.1. The van der Waals surface area contributed by atoms with Gasteiger partial charge in [0, 0.05) is 37.7 Å². The van der Waals surface area contributed by atoms with E-state index < -0.39 is 94.8 Å². The Hall–Kier alpha value is -3.93. The molecule has 12 atom stereocenters. The predicted molar refractivity (Wildman–Crippen MR) is 188 cm³/mol. The second kappa shape index (κ2) is 18.1. The number of H-pyrrole nitrogens is 1. The molecule has 0 saturated carbocycles. The number of benzene rings is 1. The Morgan fingerprint density at radius 2 is 1.80 bits per heavy atom. The molecule has 0 bridgehead atoms. The van der Waals surface area contributed by atoms with Gasteiger partial charge >= 0.3 is 19.8 Å². The monoisotopic (exact) mass is 790 g/mol. The molecule has 1 aromatic heterocycles. The molecule has 0 aliphatic carbocycles. The lowest BCUT2D eigenvalue weighted by Gasteiger charge is -2.43. The van der Waals surface area contributed by atoms with Gasteiger partial charge in [-0.25, -0.2) is 9.36 Å². The smallest absolute Gasteiger partial charge is 0.473 e. The Bertz CT molecular complexity index is 1700. The number of aromatic nitrogens is 2. The first-order valence-corrected chi connectivity index (χ1v) is 18.3. The van der Waals surface area contributed by atoms with Crippen LogP contribution in [0.5, 0.6) is 0 Å². The number of aliphatic hydroxyl groups is 5. The molecule has 0 spiro atoms. The summed E-state index contributed by atoms with van der Waals surface area (Å²) >= 11 is 0. The van der Waals surface area contributed by atoms with Crippen LogP contribution >= 0.6 is 7.82 Å². The first-order chi connectivity index (χ1) is 25.3. The number of likely N-dealkylation sites (N-methyl/N-ethyl adjacent to an activating group) is 1. The fraction of sp³-hybridized carbons (Fsp3) is 0.613. The van der Waals surface area contributed by atoms with Gasteiger partial charge in [-0.2, -0.15) is 4.98 Å². The van der Waals surface area contributed by atoms with Gasteiger partial charge in [0.25, 0.3) is 5.56 Å². The van der Waals surface area contributed by atoms with E-state index >= 15 is 0 Å². The number of anilines is 4. The molecule has 22 nitrogen and oxygen atoms in total. The van der Waals surface area contributed by atoms with Crippen molar-refractivity contribution in [2.75, 3.05) is 41.5 Å². The minimum Gasteiger partial charge on any atom is -0.481 e. The normalized spacial score (nSPS) is 26.4. The number of aromatic amines is 1. The van der Waals surface area contributed by atoms with Gasteiger partial charge in [-0.3, -0.25) is 23.6 Å². The van der Waals surface area contributed by atoms with Crippen LogP contribution < -0.4 is 26.8 Å². The summed E-state index contributed by atoms with van der Waals surface area (Å²) in [4.78, 5) is 53.0. The number of carboxylic acids is 2. The molecule has 0 radical (unpaired) electrons. The molecule has 3 heterocycles. The molecule has 23 heteroatoms. The Morgan fingerprint density at radius 1 is 1.13 bits per heavy atom. The predicted octanol–water partition coefficient (Wildman–Crippen LogP) is -1.99. The van der Waals surface area contributed by atoms with Crippen LogP contribution in [-0.2, 0) is 39.1 Å². The van der Waals surface area contributed by atoms with Crippen LogP contribution in [0.4, 0.5) is 23.1 Å². The van der Waals surface area contributed by atoms with Crippen molar-refractivity contribution in [1.29, 1.82) is 0 Å². The maximum atomic E-state index is 12.6. The van der Waals surface area contributed by atoms with Gasteiger partial charge in [-0.1, -0.05) is 12.1 Å². The lowest BCUT2D eigenvalue weighted by Crippen LogP contribution is -2.57. The van der Waals surface area contributed by atoms with Crippen LogP contribution in [-0.4, -0.2) is 150 Å².